The van der Waals surface area contributed by atoms with Crippen molar-refractivity contribution in [1.82, 2.24) is 0 Å². The molecule has 2 aliphatic rings. The van der Waals surface area contributed by atoms with Crippen LogP contribution < -0.4 is 0 Å². The van der Waals surface area contributed by atoms with Crippen molar-refractivity contribution in [2.45, 2.75) is 31.1 Å². The van der Waals surface area contributed by atoms with Gasteiger partial charge in [0.2, 0.25) is 0 Å². The number of ketones is 1. The Balaban J connectivity index is 1.80. The number of allylic oxidation sites excluding steroid dienone is 2. The third kappa shape index (κ3) is 2.04. The molecule has 0 saturated heterocycles. The van der Waals surface area contributed by atoms with E-state index in [0.717, 1.165) is 31.3 Å². The summed E-state index contributed by atoms with van der Waals surface area (Å²) in [5.74, 6) is 0.718. The Morgan fingerprint density at radius 1 is 0.864 bits per heavy atom. The molecule has 1 nitrogen and oxygen atoms in total. The first kappa shape index (κ1) is 13.5. The van der Waals surface area contributed by atoms with Gasteiger partial charge >= 0.3 is 0 Å². The van der Waals surface area contributed by atoms with Crippen molar-refractivity contribution in [3.05, 3.63) is 83.4 Å². The maximum atomic E-state index is 12.4. The highest BCUT2D eigenvalue weighted by Crippen LogP contribution is 2.62. The summed E-state index contributed by atoms with van der Waals surface area (Å²) in [5, 5.41) is 0. The Morgan fingerprint density at radius 2 is 1.45 bits per heavy atom. The van der Waals surface area contributed by atoms with Crippen LogP contribution in [0, 0.1) is 5.92 Å². The van der Waals surface area contributed by atoms with Gasteiger partial charge in [0, 0.05) is 17.8 Å². The molecule has 2 aromatic rings. The van der Waals surface area contributed by atoms with Crippen LogP contribution in [0.3, 0.4) is 0 Å². The SMILES string of the molecule is O=C1CCCC=C1C1CC1(c1ccccc1)c1ccccc1. The Bertz CT molecular complexity index is 673. The standard InChI is InChI=1S/C21H20O/c22-20-14-8-7-13-18(20)19-15-21(19,16-9-3-1-4-10-16)17-11-5-2-6-12-17/h1-6,9-13,19H,7-8,14-15H2. The molecule has 4 rings (SSSR count). The molecule has 1 atom stereocenters. The largest absolute Gasteiger partial charge is 0.295 e. The molecule has 110 valence electrons. The van der Waals surface area contributed by atoms with Crippen molar-refractivity contribution >= 4 is 5.78 Å². The Labute approximate surface area is 131 Å². The molecule has 2 aromatic carbocycles. The summed E-state index contributed by atoms with van der Waals surface area (Å²) in [4.78, 5) is 12.4. The zero-order valence-electron chi connectivity index (χ0n) is 12.7. The summed E-state index contributed by atoms with van der Waals surface area (Å²) in [7, 11) is 0. The number of carbonyl (C=O) groups excluding carboxylic acids is 1. The lowest BCUT2D eigenvalue weighted by atomic mass is 9.82. The van der Waals surface area contributed by atoms with Gasteiger partial charge in [-0.2, -0.15) is 0 Å². The maximum Gasteiger partial charge on any atom is 0.158 e. The quantitative estimate of drug-likeness (QED) is 0.802. The number of rotatable bonds is 3. The summed E-state index contributed by atoms with van der Waals surface area (Å²) < 4.78 is 0. The van der Waals surface area contributed by atoms with Crippen LogP contribution >= 0.6 is 0 Å². The molecule has 2 aliphatic carbocycles. The molecule has 22 heavy (non-hydrogen) atoms. The highest BCUT2D eigenvalue weighted by molar-refractivity contribution is 5.97. The zero-order chi connectivity index (χ0) is 15.0. The molecular formula is C21H20O. The summed E-state index contributed by atoms with van der Waals surface area (Å²) in [6.07, 6.45) is 6.04. The molecule has 1 heteroatoms. The van der Waals surface area contributed by atoms with E-state index < -0.39 is 0 Å². The van der Waals surface area contributed by atoms with E-state index in [9.17, 15) is 4.79 Å². The van der Waals surface area contributed by atoms with Gasteiger partial charge in [-0.1, -0.05) is 66.7 Å². The summed E-state index contributed by atoms with van der Waals surface area (Å²) in [6.45, 7) is 0. The molecule has 0 bridgehead atoms. The predicted octanol–water partition coefficient (Wildman–Crippen LogP) is 4.67. The van der Waals surface area contributed by atoms with Crippen LogP contribution in [0.2, 0.25) is 0 Å². The van der Waals surface area contributed by atoms with E-state index >= 15 is 0 Å². The van der Waals surface area contributed by atoms with Crippen LogP contribution in [0.1, 0.15) is 36.8 Å². The van der Waals surface area contributed by atoms with Crippen molar-refractivity contribution in [3.8, 4) is 0 Å². The second-order valence-corrected chi connectivity index (χ2v) is 6.43. The van der Waals surface area contributed by atoms with Crippen LogP contribution in [-0.2, 0) is 10.2 Å². The van der Waals surface area contributed by atoms with Gasteiger partial charge in [-0.15, -0.1) is 0 Å². The molecule has 0 amide bonds. The number of benzene rings is 2. The topological polar surface area (TPSA) is 17.1 Å². The van der Waals surface area contributed by atoms with Gasteiger partial charge in [-0.05, 0) is 36.0 Å². The lowest BCUT2D eigenvalue weighted by Gasteiger charge is -2.21. The lowest BCUT2D eigenvalue weighted by Crippen LogP contribution is -2.17. The second-order valence-electron chi connectivity index (χ2n) is 6.43. The Hall–Kier alpha value is -2.15. The van der Waals surface area contributed by atoms with Gasteiger partial charge < -0.3 is 0 Å². The predicted molar refractivity (Wildman–Crippen MR) is 88.7 cm³/mol. The van der Waals surface area contributed by atoms with Gasteiger partial charge in [0.05, 0.1) is 0 Å². The average molecular weight is 288 g/mol. The Morgan fingerprint density at radius 3 is 2.00 bits per heavy atom. The molecule has 0 N–H and O–H groups in total. The highest BCUT2D eigenvalue weighted by atomic mass is 16.1. The van der Waals surface area contributed by atoms with Gasteiger partial charge in [0.25, 0.3) is 0 Å². The fourth-order valence-electron chi connectivity index (χ4n) is 4.03. The lowest BCUT2D eigenvalue weighted by molar-refractivity contribution is -0.116. The first-order valence-corrected chi connectivity index (χ1v) is 8.17. The minimum atomic E-state index is 0.00134. The maximum absolute atomic E-state index is 12.4. The monoisotopic (exact) mass is 288 g/mol. The van der Waals surface area contributed by atoms with Crippen molar-refractivity contribution in [1.29, 1.82) is 0 Å². The number of carbonyl (C=O) groups is 1. The molecule has 0 heterocycles. The smallest absolute Gasteiger partial charge is 0.158 e. The minimum absolute atomic E-state index is 0.00134. The van der Waals surface area contributed by atoms with E-state index in [1.54, 1.807) is 0 Å². The highest BCUT2D eigenvalue weighted by Gasteiger charge is 2.58. The van der Waals surface area contributed by atoms with Crippen molar-refractivity contribution in [3.63, 3.8) is 0 Å². The van der Waals surface area contributed by atoms with Crippen molar-refractivity contribution < 1.29 is 4.79 Å². The number of Topliss-reactive ketones (excluding diaryl/α,β-unsaturated/α-hetero) is 1. The first-order chi connectivity index (χ1) is 10.8. The van der Waals surface area contributed by atoms with Crippen LogP contribution in [0.25, 0.3) is 0 Å². The zero-order valence-corrected chi connectivity index (χ0v) is 12.7. The fraction of sp³-hybridized carbons (Fsp3) is 0.286. The summed E-state index contributed by atoms with van der Waals surface area (Å²) >= 11 is 0. The van der Waals surface area contributed by atoms with E-state index in [1.165, 1.54) is 11.1 Å². The van der Waals surface area contributed by atoms with E-state index in [0.29, 0.717) is 11.7 Å². The van der Waals surface area contributed by atoms with Gasteiger partial charge in [0.15, 0.2) is 5.78 Å². The molecule has 0 spiro atoms. The molecule has 0 aromatic heterocycles. The van der Waals surface area contributed by atoms with Gasteiger partial charge in [-0.3, -0.25) is 4.79 Å². The summed E-state index contributed by atoms with van der Waals surface area (Å²) in [6, 6.07) is 21.4. The molecule has 1 saturated carbocycles. The molecular weight excluding hydrogens is 268 g/mol. The van der Waals surface area contributed by atoms with E-state index in [4.69, 9.17) is 0 Å². The van der Waals surface area contributed by atoms with E-state index in [-0.39, 0.29) is 5.41 Å². The third-order valence-electron chi connectivity index (χ3n) is 5.21. The van der Waals surface area contributed by atoms with E-state index in [1.807, 2.05) is 0 Å². The minimum Gasteiger partial charge on any atom is -0.295 e. The fourth-order valence-corrected chi connectivity index (χ4v) is 4.03. The number of hydrogen-bond acceptors (Lipinski definition) is 1. The van der Waals surface area contributed by atoms with Crippen molar-refractivity contribution in [2.75, 3.05) is 0 Å². The van der Waals surface area contributed by atoms with Crippen molar-refractivity contribution in [2.24, 2.45) is 5.92 Å². The Kier molecular flexibility index (Phi) is 3.22. The molecule has 1 fully saturated rings. The van der Waals surface area contributed by atoms with Crippen LogP contribution in [0.4, 0.5) is 0 Å². The van der Waals surface area contributed by atoms with Crippen LogP contribution in [0.15, 0.2) is 72.3 Å². The van der Waals surface area contributed by atoms with Gasteiger partial charge in [-0.25, -0.2) is 0 Å². The third-order valence-corrected chi connectivity index (χ3v) is 5.21. The first-order valence-electron chi connectivity index (χ1n) is 8.17. The van der Waals surface area contributed by atoms with Crippen LogP contribution in [-0.4, -0.2) is 5.78 Å². The molecule has 1 unspecified atom stereocenters. The number of hydrogen-bond donors (Lipinski definition) is 0. The second kappa shape index (κ2) is 5.24. The molecule has 0 radical (unpaired) electrons. The van der Waals surface area contributed by atoms with Crippen LogP contribution in [0.5, 0.6) is 0 Å². The van der Waals surface area contributed by atoms with E-state index in [2.05, 4.69) is 66.7 Å². The normalized spacial score (nSPS) is 23.0. The average Bonchev–Trinajstić information content (AvgIpc) is 3.34. The molecule has 0 aliphatic heterocycles. The van der Waals surface area contributed by atoms with Gasteiger partial charge in [0.1, 0.15) is 0 Å². The summed E-state index contributed by atoms with van der Waals surface area (Å²) in [5.41, 5.74) is 3.76.